The second-order valence-electron chi connectivity index (χ2n) is 5.22. The van der Waals surface area contributed by atoms with Gasteiger partial charge in [0.25, 0.3) is 0 Å². The molecule has 0 spiro atoms. The number of likely N-dealkylation sites (N-methyl/N-ethyl adjacent to an activating group) is 1. The summed E-state index contributed by atoms with van der Waals surface area (Å²) in [5, 5.41) is 0. The molecular weight excluding hydrogens is 188 g/mol. The lowest BCUT2D eigenvalue weighted by Crippen LogP contribution is -2.59. The molecule has 1 fully saturated rings. The highest BCUT2D eigenvalue weighted by Crippen LogP contribution is 2.33. The predicted molar refractivity (Wildman–Crippen MR) is 63.9 cm³/mol. The Morgan fingerprint density at radius 2 is 2.07 bits per heavy atom. The Bertz CT molecular complexity index is 192. The van der Waals surface area contributed by atoms with E-state index in [1.807, 2.05) is 0 Å². The molecule has 15 heavy (non-hydrogen) atoms. The maximum Gasteiger partial charge on any atom is 0.0661 e. The molecule has 1 saturated carbocycles. The summed E-state index contributed by atoms with van der Waals surface area (Å²) >= 11 is 0. The average molecular weight is 214 g/mol. The van der Waals surface area contributed by atoms with Gasteiger partial charge in [-0.05, 0) is 31.7 Å². The van der Waals surface area contributed by atoms with Crippen LogP contribution in [-0.2, 0) is 4.74 Å². The topological polar surface area (TPSA) is 38.5 Å². The molecule has 0 aromatic heterocycles. The van der Waals surface area contributed by atoms with Gasteiger partial charge in [-0.2, -0.15) is 0 Å². The first-order valence-corrected chi connectivity index (χ1v) is 5.97. The van der Waals surface area contributed by atoms with E-state index in [0.717, 1.165) is 12.5 Å². The minimum atomic E-state index is 0.0113. The molecule has 0 saturated heterocycles. The number of methoxy groups -OCH3 is 1. The maximum absolute atomic E-state index is 5.97. The molecule has 1 unspecified atom stereocenters. The summed E-state index contributed by atoms with van der Waals surface area (Å²) in [6.45, 7) is 7.02. The average Bonchev–Trinajstić information content (AvgIpc) is 2.97. The molecule has 0 bridgehead atoms. The summed E-state index contributed by atoms with van der Waals surface area (Å²) in [5.41, 5.74) is 5.98. The molecule has 3 nitrogen and oxygen atoms in total. The van der Waals surface area contributed by atoms with Crippen molar-refractivity contribution in [3.63, 3.8) is 0 Å². The summed E-state index contributed by atoms with van der Waals surface area (Å²) in [4.78, 5) is 2.42. The van der Waals surface area contributed by atoms with Crippen molar-refractivity contribution in [3.05, 3.63) is 0 Å². The van der Waals surface area contributed by atoms with Crippen molar-refractivity contribution in [2.75, 3.05) is 33.9 Å². The number of ether oxygens (including phenoxy) is 1. The third-order valence-corrected chi connectivity index (χ3v) is 3.81. The van der Waals surface area contributed by atoms with Crippen molar-refractivity contribution < 1.29 is 4.74 Å². The lowest BCUT2D eigenvalue weighted by atomic mass is 9.85. The van der Waals surface area contributed by atoms with Gasteiger partial charge in [0.15, 0.2) is 0 Å². The van der Waals surface area contributed by atoms with Crippen LogP contribution in [0.15, 0.2) is 0 Å². The van der Waals surface area contributed by atoms with Crippen LogP contribution < -0.4 is 5.73 Å². The van der Waals surface area contributed by atoms with Crippen molar-refractivity contribution >= 4 is 0 Å². The van der Waals surface area contributed by atoms with Gasteiger partial charge in [0.2, 0.25) is 0 Å². The van der Waals surface area contributed by atoms with Gasteiger partial charge < -0.3 is 10.5 Å². The summed E-state index contributed by atoms with van der Waals surface area (Å²) < 4.78 is 5.36. The molecular formula is C12H26N2O. The van der Waals surface area contributed by atoms with E-state index >= 15 is 0 Å². The fourth-order valence-corrected chi connectivity index (χ4v) is 2.29. The molecule has 1 rings (SSSR count). The van der Waals surface area contributed by atoms with E-state index < -0.39 is 0 Å². The van der Waals surface area contributed by atoms with Crippen LogP contribution in [0.5, 0.6) is 0 Å². The molecule has 0 aromatic carbocycles. The second kappa shape index (κ2) is 5.28. The fraction of sp³-hybridized carbons (Fsp3) is 1.00. The Kier molecular flexibility index (Phi) is 4.56. The zero-order valence-corrected chi connectivity index (χ0v) is 10.6. The molecule has 3 heteroatoms. The predicted octanol–water partition coefficient (Wildman–Crippen LogP) is 1.33. The SMILES string of the molecule is COCC(CN)(C(C)C)N(C)CC1CC1. The van der Waals surface area contributed by atoms with Crippen LogP contribution in [0.2, 0.25) is 0 Å². The molecule has 1 aliphatic rings. The minimum absolute atomic E-state index is 0.0113. The van der Waals surface area contributed by atoms with Gasteiger partial charge in [-0.15, -0.1) is 0 Å². The van der Waals surface area contributed by atoms with Gasteiger partial charge in [-0.25, -0.2) is 0 Å². The molecule has 0 radical (unpaired) electrons. The molecule has 0 heterocycles. The highest BCUT2D eigenvalue weighted by molar-refractivity contribution is 4.95. The van der Waals surface area contributed by atoms with Gasteiger partial charge in [-0.3, -0.25) is 4.90 Å². The van der Waals surface area contributed by atoms with Gasteiger partial charge in [0, 0.05) is 20.2 Å². The molecule has 90 valence electrons. The molecule has 0 aromatic rings. The lowest BCUT2D eigenvalue weighted by molar-refractivity contribution is -0.00329. The van der Waals surface area contributed by atoms with Gasteiger partial charge in [0.05, 0.1) is 12.1 Å². The minimum Gasteiger partial charge on any atom is -0.383 e. The Balaban J connectivity index is 2.65. The monoisotopic (exact) mass is 214 g/mol. The van der Waals surface area contributed by atoms with Crippen molar-refractivity contribution in [1.82, 2.24) is 4.90 Å². The number of hydrogen-bond acceptors (Lipinski definition) is 3. The van der Waals surface area contributed by atoms with Crippen molar-refractivity contribution in [2.45, 2.75) is 32.2 Å². The van der Waals surface area contributed by atoms with Crippen LogP contribution in [0.1, 0.15) is 26.7 Å². The molecule has 1 aliphatic carbocycles. The number of nitrogens with zero attached hydrogens (tertiary/aromatic N) is 1. The molecule has 0 aliphatic heterocycles. The Morgan fingerprint density at radius 3 is 2.40 bits per heavy atom. The fourth-order valence-electron chi connectivity index (χ4n) is 2.29. The van der Waals surface area contributed by atoms with E-state index in [0.29, 0.717) is 12.5 Å². The smallest absolute Gasteiger partial charge is 0.0661 e. The van der Waals surface area contributed by atoms with Gasteiger partial charge >= 0.3 is 0 Å². The van der Waals surface area contributed by atoms with Crippen LogP contribution in [0.4, 0.5) is 0 Å². The third kappa shape index (κ3) is 2.92. The van der Waals surface area contributed by atoms with Crippen LogP contribution in [-0.4, -0.2) is 44.3 Å². The largest absolute Gasteiger partial charge is 0.383 e. The van der Waals surface area contributed by atoms with E-state index in [9.17, 15) is 0 Å². The summed E-state index contributed by atoms with van der Waals surface area (Å²) in [5.74, 6) is 1.42. The maximum atomic E-state index is 5.97. The first-order chi connectivity index (χ1) is 7.06. The molecule has 0 amide bonds. The lowest BCUT2D eigenvalue weighted by Gasteiger charge is -2.44. The normalized spacial score (nSPS) is 21.0. The number of nitrogens with two attached hydrogens (primary N) is 1. The second-order valence-corrected chi connectivity index (χ2v) is 5.22. The number of hydrogen-bond donors (Lipinski definition) is 1. The summed E-state index contributed by atoms with van der Waals surface area (Å²) in [6.07, 6.45) is 2.77. The van der Waals surface area contributed by atoms with Crippen LogP contribution in [0, 0.1) is 11.8 Å². The van der Waals surface area contributed by atoms with Crippen LogP contribution in [0.25, 0.3) is 0 Å². The van der Waals surface area contributed by atoms with E-state index in [1.54, 1.807) is 7.11 Å². The summed E-state index contributed by atoms with van der Waals surface area (Å²) in [6, 6.07) is 0. The standard InChI is InChI=1S/C12H26N2O/c1-10(2)12(8-13,9-15-4)14(3)7-11-5-6-11/h10-11H,5-9,13H2,1-4H3. The highest BCUT2D eigenvalue weighted by atomic mass is 16.5. The zero-order valence-electron chi connectivity index (χ0n) is 10.6. The number of rotatable bonds is 7. The van der Waals surface area contributed by atoms with Crippen molar-refractivity contribution in [1.29, 1.82) is 0 Å². The Morgan fingerprint density at radius 1 is 1.47 bits per heavy atom. The third-order valence-electron chi connectivity index (χ3n) is 3.81. The van der Waals surface area contributed by atoms with E-state index in [1.165, 1.54) is 19.4 Å². The van der Waals surface area contributed by atoms with Crippen LogP contribution >= 0.6 is 0 Å². The van der Waals surface area contributed by atoms with E-state index in [-0.39, 0.29) is 5.54 Å². The van der Waals surface area contributed by atoms with Gasteiger partial charge in [-0.1, -0.05) is 13.8 Å². The van der Waals surface area contributed by atoms with Crippen molar-refractivity contribution in [3.8, 4) is 0 Å². The first-order valence-electron chi connectivity index (χ1n) is 5.97. The van der Waals surface area contributed by atoms with Gasteiger partial charge in [0.1, 0.15) is 0 Å². The Labute approximate surface area is 94.0 Å². The van der Waals surface area contributed by atoms with E-state index in [4.69, 9.17) is 10.5 Å². The quantitative estimate of drug-likeness (QED) is 0.695. The first kappa shape index (κ1) is 12.9. The van der Waals surface area contributed by atoms with Crippen LogP contribution in [0.3, 0.4) is 0 Å². The summed E-state index contributed by atoms with van der Waals surface area (Å²) in [7, 11) is 3.95. The molecule has 1 atom stereocenters. The van der Waals surface area contributed by atoms with Crippen molar-refractivity contribution in [2.24, 2.45) is 17.6 Å². The molecule has 2 N–H and O–H groups in total. The zero-order chi connectivity index (χ0) is 11.5. The Hall–Kier alpha value is -0.120. The van der Waals surface area contributed by atoms with E-state index in [2.05, 4.69) is 25.8 Å². The highest BCUT2D eigenvalue weighted by Gasteiger charge is 2.39.